The van der Waals surface area contributed by atoms with Crippen LogP contribution in [0.3, 0.4) is 0 Å². The molecule has 1 amide bonds. The van der Waals surface area contributed by atoms with E-state index in [4.69, 9.17) is 4.42 Å². The summed E-state index contributed by atoms with van der Waals surface area (Å²) in [4.78, 5) is 12.2. The number of rotatable bonds is 7. The molecule has 1 N–H and O–H groups in total. The predicted octanol–water partition coefficient (Wildman–Crippen LogP) is 4.94. The van der Waals surface area contributed by atoms with Crippen LogP contribution in [0.5, 0.6) is 0 Å². The lowest BCUT2D eigenvalue weighted by Crippen LogP contribution is -2.26. The Morgan fingerprint density at radius 1 is 1.00 bits per heavy atom. The Kier molecular flexibility index (Phi) is 6.70. The number of nitrogens with one attached hydrogen (secondary N) is 1. The highest BCUT2D eigenvalue weighted by atomic mass is 16.4. The molecule has 0 aliphatic heterocycles. The number of carbonyl (C=O) groups excluding carboxylic acids is 1. The fourth-order valence-electron chi connectivity index (χ4n) is 3.51. The van der Waals surface area contributed by atoms with Gasteiger partial charge in [-0.25, -0.2) is 0 Å². The third-order valence-corrected chi connectivity index (χ3v) is 5.31. The molecular formula is C25H31N3O2. The summed E-state index contributed by atoms with van der Waals surface area (Å²) in [5.41, 5.74) is 6.25. The fourth-order valence-corrected chi connectivity index (χ4v) is 3.51. The Hall–Kier alpha value is -2.95. The van der Waals surface area contributed by atoms with Crippen LogP contribution in [-0.2, 0) is 23.1 Å². The lowest BCUT2D eigenvalue weighted by atomic mass is 9.83. The highest BCUT2D eigenvalue weighted by molar-refractivity contribution is 5.76. The van der Waals surface area contributed by atoms with Crippen LogP contribution in [-0.4, -0.2) is 22.6 Å². The summed E-state index contributed by atoms with van der Waals surface area (Å²) in [6.07, 6.45) is 1.59. The molecule has 0 aliphatic rings. The Labute approximate surface area is 178 Å². The maximum Gasteiger partial charge on any atom is 0.247 e. The van der Waals surface area contributed by atoms with Crippen molar-refractivity contribution in [3.05, 3.63) is 70.6 Å². The van der Waals surface area contributed by atoms with Crippen molar-refractivity contribution in [2.45, 2.75) is 59.3 Å². The molecule has 5 nitrogen and oxygen atoms in total. The van der Waals surface area contributed by atoms with Crippen LogP contribution < -0.4 is 5.32 Å². The lowest BCUT2D eigenvalue weighted by molar-refractivity contribution is -0.121. The van der Waals surface area contributed by atoms with E-state index in [0.29, 0.717) is 31.2 Å². The molecule has 0 bridgehead atoms. The maximum atomic E-state index is 12.2. The number of hydrogen-bond acceptors (Lipinski definition) is 4. The zero-order valence-electron chi connectivity index (χ0n) is 18.6. The van der Waals surface area contributed by atoms with E-state index in [1.807, 2.05) is 30.3 Å². The quantitative estimate of drug-likeness (QED) is 0.604. The second-order valence-corrected chi connectivity index (χ2v) is 8.81. The molecule has 0 unspecified atom stereocenters. The van der Waals surface area contributed by atoms with Gasteiger partial charge in [0.15, 0.2) is 0 Å². The zero-order chi connectivity index (χ0) is 21.7. The van der Waals surface area contributed by atoms with E-state index in [9.17, 15) is 4.79 Å². The molecule has 0 saturated carbocycles. The first-order valence-electron chi connectivity index (χ1n) is 10.5. The standard InChI is InChI=1S/C25H31N3O2/c1-17-15-20(25(3,4)5)16-18(2)21(17)13-14-26-22(29)11-12-23-27-28-24(30-23)19-9-7-6-8-10-19/h6-10,15-16H,11-14H2,1-5H3,(H,26,29). The summed E-state index contributed by atoms with van der Waals surface area (Å²) in [6, 6.07) is 14.2. The summed E-state index contributed by atoms with van der Waals surface area (Å²) >= 11 is 0. The van der Waals surface area contributed by atoms with E-state index in [0.717, 1.165) is 12.0 Å². The number of aryl methyl sites for hydroxylation is 3. The van der Waals surface area contributed by atoms with Gasteiger partial charge in [-0.2, -0.15) is 0 Å². The first-order valence-corrected chi connectivity index (χ1v) is 10.5. The first-order chi connectivity index (χ1) is 14.2. The molecule has 0 fully saturated rings. The van der Waals surface area contributed by atoms with Crippen molar-refractivity contribution in [3.63, 3.8) is 0 Å². The zero-order valence-corrected chi connectivity index (χ0v) is 18.6. The molecule has 5 heteroatoms. The average Bonchev–Trinajstić information content (AvgIpc) is 3.17. The maximum absolute atomic E-state index is 12.2. The largest absolute Gasteiger partial charge is 0.421 e. The summed E-state index contributed by atoms with van der Waals surface area (Å²) in [7, 11) is 0. The smallest absolute Gasteiger partial charge is 0.247 e. The molecule has 1 heterocycles. The molecule has 3 aromatic rings. The molecule has 2 aromatic carbocycles. The van der Waals surface area contributed by atoms with E-state index in [1.54, 1.807) is 0 Å². The molecule has 1 aromatic heterocycles. The van der Waals surface area contributed by atoms with E-state index in [2.05, 4.69) is 62.3 Å². The third kappa shape index (κ3) is 5.56. The summed E-state index contributed by atoms with van der Waals surface area (Å²) in [5.74, 6) is 0.959. The van der Waals surface area contributed by atoms with Crippen molar-refractivity contribution in [1.82, 2.24) is 15.5 Å². The molecular weight excluding hydrogens is 374 g/mol. The van der Waals surface area contributed by atoms with Crippen LogP contribution in [0, 0.1) is 13.8 Å². The highest BCUT2D eigenvalue weighted by Crippen LogP contribution is 2.27. The van der Waals surface area contributed by atoms with Gasteiger partial charge in [-0.1, -0.05) is 51.1 Å². The number of hydrogen-bond donors (Lipinski definition) is 1. The Balaban J connectivity index is 1.48. The van der Waals surface area contributed by atoms with Crippen LogP contribution in [0.15, 0.2) is 46.9 Å². The number of aromatic nitrogens is 2. The monoisotopic (exact) mass is 405 g/mol. The Bertz CT molecular complexity index is 978. The van der Waals surface area contributed by atoms with Gasteiger partial charge in [0.2, 0.25) is 17.7 Å². The molecule has 0 saturated heterocycles. The molecule has 0 spiro atoms. The number of amides is 1. The van der Waals surface area contributed by atoms with E-state index >= 15 is 0 Å². The van der Waals surface area contributed by atoms with Crippen LogP contribution in [0.25, 0.3) is 11.5 Å². The minimum absolute atomic E-state index is 0.00363. The van der Waals surface area contributed by atoms with Crippen LogP contribution >= 0.6 is 0 Å². The van der Waals surface area contributed by atoms with Crippen LogP contribution in [0.1, 0.15) is 55.3 Å². The minimum Gasteiger partial charge on any atom is -0.421 e. The molecule has 0 radical (unpaired) electrons. The number of benzene rings is 2. The van der Waals surface area contributed by atoms with Crippen molar-refractivity contribution in [3.8, 4) is 11.5 Å². The lowest BCUT2D eigenvalue weighted by Gasteiger charge is -2.22. The van der Waals surface area contributed by atoms with Crippen LogP contribution in [0.4, 0.5) is 0 Å². The molecule has 0 aliphatic carbocycles. The van der Waals surface area contributed by atoms with Crippen molar-refractivity contribution < 1.29 is 9.21 Å². The second kappa shape index (κ2) is 9.24. The van der Waals surface area contributed by atoms with Gasteiger partial charge in [0.1, 0.15) is 0 Å². The highest BCUT2D eigenvalue weighted by Gasteiger charge is 2.16. The van der Waals surface area contributed by atoms with Gasteiger partial charge in [-0.05, 0) is 60.1 Å². The van der Waals surface area contributed by atoms with Gasteiger partial charge >= 0.3 is 0 Å². The molecule has 3 rings (SSSR count). The average molecular weight is 406 g/mol. The SMILES string of the molecule is Cc1cc(C(C)(C)C)cc(C)c1CCNC(=O)CCc1nnc(-c2ccccc2)o1. The number of nitrogens with zero attached hydrogens (tertiary/aromatic N) is 2. The molecule has 0 atom stereocenters. The second-order valence-electron chi connectivity index (χ2n) is 8.81. The van der Waals surface area contributed by atoms with E-state index < -0.39 is 0 Å². The predicted molar refractivity (Wildman–Crippen MR) is 119 cm³/mol. The third-order valence-electron chi connectivity index (χ3n) is 5.31. The molecule has 158 valence electrons. The van der Waals surface area contributed by atoms with Gasteiger partial charge in [0, 0.05) is 24.9 Å². The van der Waals surface area contributed by atoms with E-state index in [-0.39, 0.29) is 11.3 Å². The Morgan fingerprint density at radius 3 is 2.30 bits per heavy atom. The van der Waals surface area contributed by atoms with E-state index in [1.165, 1.54) is 22.3 Å². The van der Waals surface area contributed by atoms with Crippen molar-refractivity contribution in [2.24, 2.45) is 0 Å². The van der Waals surface area contributed by atoms with Crippen molar-refractivity contribution >= 4 is 5.91 Å². The van der Waals surface area contributed by atoms with Gasteiger partial charge < -0.3 is 9.73 Å². The summed E-state index contributed by atoms with van der Waals surface area (Å²) in [5, 5.41) is 11.1. The van der Waals surface area contributed by atoms with Crippen molar-refractivity contribution in [2.75, 3.05) is 6.54 Å². The van der Waals surface area contributed by atoms with Crippen molar-refractivity contribution in [1.29, 1.82) is 0 Å². The van der Waals surface area contributed by atoms with Gasteiger partial charge in [0.25, 0.3) is 0 Å². The normalized spacial score (nSPS) is 11.5. The van der Waals surface area contributed by atoms with Crippen LogP contribution in [0.2, 0.25) is 0 Å². The molecule has 30 heavy (non-hydrogen) atoms. The Morgan fingerprint density at radius 2 is 1.67 bits per heavy atom. The van der Waals surface area contributed by atoms with Gasteiger partial charge in [-0.3, -0.25) is 4.79 Å². The first kappa shape index (κ1) is 21.8. The van der Waals surface area contributed by atoms with Gasteiger partial charge in [0.05, 0.1) is 0 Å². The number of carbonyl (C=O) groups is 1. The topological polar surface area (TPSA) is 68.0 Å². The fraction of sp³-hybridized carbons (Fsp3) is 0.400. The summed E-state index contributed by atoms with van der Waals surface area (Å²) in [6.45, 7) is 11.6. The minimum atomic E-state index is -0.00363. The van der Waals surface area contributed by atoms with Gasteiger partial charge in [-0.15, -0.1) is 10.2 Å². The summed E-state index contributed by atoms with van der Waals surface area (Å²) < 4.78 is 5.66.